The van der Waals surface area contributed by atoms with Crippen LogP contribution in [0, 0.1) is 5.92 Å². The van der Waals surface area contributed by atoms with Crippen LogP contribution in [0.15, 0.2) is 78.9 Å². The molecular weight excluding hydrogens is 458 g/mol. The average Bonchev–Trinajstić information content (AvgIpc) is 2.89. The molecule has 3 aromatic carbocycles. The van der Waals surface area contributed by atoms with Gasteiger partial charge in [-0.1, -0.05) is 67.6 Å². The van der Waals surface area contributed by atoms with Gasteiger partial charge in [0.05, 0.1) is 11.6 Å². The number of rotatable bonds is 7. The fourth-order valence-corrected chi connectivity index (χ4v) is 4.60. The van der Waals surface area contributed by atoms with Gasteiger partial charge in [-0.25, -0.2) is 0 Å². The summed E-state index contributed by atoms with van der Waals surface area (Å²) in [4.78, 5) is 28.6. The molecule has 1 saturated heterocycles. The highest BCUT2D eigenvalue weighted by atomic mass is 35.5. The summed E-state index contributed by atoms with van der Waals surface area (Å²) in [6.07, 6.45) is 2.18. The zero-order chi connectivity index (χ0) is 24.8. The Balaban J connectivity index is 1.58. The van der Waals surface area contributed by atoms with Crippen molar-refractivity contribution in [3.05, 3.63) is 95.6 Å². The maximum Gasteiger partial charge on any atom is 0.253 e. The van der Waals surface area contributed by atoms with E-state index in [0.717, 1.165) is 42.7 Å². The lowest BCUT2D eigenvalue weighted by Crippen LogP contribution is -2.35. The molecule has 2 unspecified atom stereocenters. The molecule has 1 aliphatic rings. The van der Waals surface area contributed by atoms with Crippen molar-refractivity contribution >= 4 is 34.8 Å². The Kier molecular flexibility index (Phi) is 8.09. The Labute approximate surface area is 212 Å². The number of nitrogens with zero attached hydrogens (tertiary/aromatic N) is 1. The topological polar surface area (TPSA) is 61.4 Å². The Morgan fingerprint density at radius 3 is 2.14 bits per heavy atom. The summed E-state index contributed by atoms with van der Waals surface area (Å²) in [5.41, 5.74) is 3.74. The normalized spacial score (nSPS) is 15.8. The first kappa shape index (κ1) is 24.8. The molecule has 2 atom stereocenters. The van der Waals surface area contributed by atoms with Crippen LogP contribution in [0.1, 0.15) is 59.6 Å². The number of halogens is 1. The summed E-state index contributed by atoms with van der Waals surface area (Å²) < 4.78 is 0. The highest BCUT2D eigenvalue weighted by Crippen LogP contribution is 2.30. The fraction of sp³-hybridized carbons (Fsp3) is 0.310. The van der Waals surface area contributed by atoms with Gasteiger partial charge in [-0.3, -0.25) is 9.59 Å². The van der Waals surface area contributed by atoms with Gasteiger partial charge >= 0.3 is 0 Å². The molecule has 0 spiro atoms. The third-order valence-corrected chi connectivity index (χ3v) is 7.05. The summed E-state index contributed by atoms with van der Waals surface area (Å²) in [5, 5.41) is 5.19. The van der Waals surface area contributed by atoms with Crippen molar-refractivity contribution in [3.8, 4) is 0 Å². The van der Waals surface area contributed by atoms with E-state index in [1.165, 1.54) is 0 Å². The molecule has 4 rings (SSSR count). The van der Waals surface area contributed by atoms with Crippen molar-refractivity contribution in [3.63, 3.8) is 0 Å². The second-order valence-electron chi connectivity index (χ2n) is 9.27. The minimum atomic E-state index is -0.824. The largest absolute Gasteiger partial charge is 0.371 e. The number of hydrogen-bond acceptors (Lipinski definition) is 3. The number of carbonyl (C=O) groups is 2. The average molecular weight is 490 g/mol. The van der Waals surface area contributed by atoms with E-state index in [2.05, 4.69) is 22.5 Å². The smallest absolute Gasteiger partial charge is 0.253 e. The van der Waals surface area contributed by atoms with Crippen LogP contribution in [0.3, 0.4) is 0 Å². The first-order chi connectivity index (χ1) is 16.9. The van der Waals surface area contributed by atoms with Gasteiger partial charge in [-0.2, -0.15) is 0 Å². The molecule has 0 bridgehead atoms. The number of amides is 2. The summed E-state index contributed by atoms with van der Waals surface area (Å²) in [7, 11) is 0. The molecule has 182 valence electrons. The Bertz CT molecular complexity index is 1150. The lowest BCUT2D eigenvalue weighted by Gasteiger charge is -2.33. The first-order valence-electron chi connectivity index (χ1n) is 12.2. The van der Waals surface area contributed by atoms with Crippen molar-refractivity contribution < 1.29 is 9.59 Å². The molecule has 3 aromatic rings. The maximum atomic E-state index is 13.5. The van der Waals surface area contributed by atoms with E-state index in [1.54, 1.807) is 6.07 Å². The summed E-state index contributed by atoms with van der Waals surface area (Å²) in [6, 6.07) is 24.5. The van der Waals surface area contributed by atoms with Crippen LogP contribution in [-0.2, 0) is 4.79 Å². The Morgan fingerprint density at radius 1 is 0.914 bits per heavy atom. The van der Waals surface area contributed by atoms with E-state index in [1.807, 2.05) is 79.7 Å². The van der Waals surface area contributed by atoms with Crippen LogP contribution in [0.5, 0.6) is 0 Å². The monoisotopic (exact) mass is 489 g/mol. The van der Waals surface area contributed by atoms with Crippen LogP contribution < -0.4 is 15.5 Å². The number of anilines is 2. The number of benzene rings is 3. The van der Waals surface area contributed by atoms with E-state index in [9.17, 15) is 9.59 Å². The van der Waals surface area contributed by atoms with Crippen molar-refractivity contribution in [2.75, 3.05) is 23.3 Å². The summed E-state index contributed by atoms with van der Waals surface area (Å²) in [6.45, 7) is 6.04. The van der Waals surface area contributed by atoms with Gasteiger partial charge in [-0.05, 0) is 55.0 Å². The molecular formula is C29H32ClN3O2. The Morgan fingerprint density at radius 2 is 1.51 bits per heavy atom. The zero-order valence-corrected chi connectivity index (χ0v) is 21.0. The van der Waals surface area contributed by atoms with Crippen molar-refractivity contribution in [1.29, 1.82) is 0 Å². The SMILES string of the molecule is CC1CCN(c2ccc(NC(=O)C(Cl)c3ccccc3)cc2C(=O)NC(C)c2ccccc2)CC1. The van der Waals surface area contributed by atoms with E-state index in [4.69, 9.17) is 11.6 Å². The molecule has 0 radical (unpaired) electrons. The molecule has 0 aromatic heterocycles. The second kappa shape index (κ2) is 11.4. The van der Waals surface area contributed by atoms with Crippen molar-refractivity contribution in [2.24, 2.45) is 5.92 Å². The molecule has 5 nitrogen and oxygen atoms in total. The second-order valence-corrected chi connectivity index (χ2v) is 9.71. The van der Waals surface area contributed by atoms with Gasteiger partial charge in [0.1, 0.15) is 5.38 Å². The van der Waals surface area contributed by atoms with Crippen LogP contribution in [0.4, 0.5) is 11.4 Å². The maximum absolute atomic E-state index is 13.5. The molecule has 1 fully saturated rings. The van der Waals surface area contributed by atoms with Gasteiger partial charge in [0.25, 0.3) is 5.91 Å². The van der Waals surface area contributed by atoms with E-state index in [-0.39, 0.29) is 17.9 Å². The van der Waals surface area contributed by atoms with E-state index >= 15 is 0 Å². The van der Waals surface area contributed by atoms with Crippen LogP contribution in [-0.4, -0.2) is 24.9 Å². The highest BCUT2D eigenvalue weighted by molar-refractivity contribution is 6.32. The Hall–Kier alpha value is -3.31. The molecule has 0 aliphatic carbocycles. The summed E-state index contributed by atoms with van der Waals surface area (Å²) in [5.74, 6) is 0.178. The van der Waals surface area contributed by atoms with Crippen LogP contribution in [0.2, 0.25) is 0 Å². The quantitative estimate of drug-likeness (QED) is 0.381. The molecule has 35 heavy (non-hydrogen) atoms. The number of alkyl halides is 1. The molecule has 1 aliphatic heterocycles. The fourth-order valence-electron chi connectivity index (χ4n) is 4.40. The molecule has 2 N–H and O–H groups in total. The highest BCUT2D eigenvalue weighted by Gasteiger charge is 2.24. The first-order valence-corrected chi connectivity index (χ1v) is 12.6. The lowest BCUT2D eigenvalue weighted by molar-refractivity contribution is -0.116. The van der Waals surface area contributed by atoms with Gasteiger partial charge in [0.15, 0.2) is 0 Å². The van der Waals surface area contributed by atoms with Crippen LogP contribution >= 0.6 is 11.6 Å². The molecule has 6 heteroatoms. The third kappa shape index (κ3) is 6.23. The van der Waals surface area contributed by atoms with Crippen molar-refractivity contribution in [2.45, 2.75) is 38.1 Å². The summed E-state index contributed by atoms with van der Waals surface area (Å²) >= 11 is 6.41. The zero-order valence-electron chi connectivity index (χ0n) is 20.2. The van der Waals surface area contributed by atoms with Gasteiger partial charge in [-0.15, -0.1) is 11.6 Å². The number of carbonyl (C=O) groups excluding carboxylic acids is 2. The molecule has 1 heterocycles. The number of hydrogen-bond donors (Lipinski definition) is 2. The predicted octanol–water partition coefficient (Wildman–Crippen LogP) is 6.33. The van der Waals surface area contributed by atoms with Gasteiger partial charge in [0.2, 0.25) is 5.91 Å². The van der Waals surface area contributed by atoms with Gasteiger partial charge in [0, 0.05) is 24.5 Å². The van der Waals surface area contributed by atoms with E-state index in [0.29, 0.717) is 17.2 Å². The van der Waals surface area contributed by atoms with Gasteiger partial charge < -0.3 is 15.5 Å². The minimum absolute atomic E-state index is 0.151. The standard InChI is InChI=1S/C29H32ClN3O2/c1-20-15-17-33(18-16-20)26-14-13-24(32-29(35)27(30)23-11-7-4-8-12-23)19-25(26)28(34)31-21(2)22-9-5-3-6-10-22/h3-14,19-21,27H,15-18H2,1-2H3,(H,31,34)(H,32,35). The lowest BCUT2D eigenvalue weighted by atomic mass is 9.97. The van der Waals surface area contributed by atoms with Crippen molar-refractivity contribution in [1.82, 2.24) is 5.32 Å². The third-order valence-electron chi connectivity index (χ3n) is 6.60. The predicted molar refractivity (Wildman–Crippen MR) is 143 cm³/mol. The number of nitrogens with one attached hydrogen (secondary N) is 2. The van der Waals surface area contributed by atoms with Crippen LogP contribution in [0.25, 0.3) is 0 Å². The molecule has 2 amide bonds. The van der Waals surface area contributed by atoms with E-state index < -0.39 is 5.38 Å². The minimum Gasteiger partial charge on any atom is -0.371 e. The number of piperidine rings is 1. The molecule has 0 saturated carbocycles.